The number of benzene rings is 1. The minimum absolute atomic E-state index is 0.669. The third kappa shape index (κ3) is 4.10. The van der Waals surface area contributed by atoms with Gasteiger partial charge in [0.05, 0.1) is 5.69 Å². The van der Waals surface area contributed by atoms with Crippen molar-refractivity contribution in [3.63, 3.8) is 0 Å². The second-order valence-corrected chi connectivity index (χ2v) is 4.76. The molecule has 0 saturated heterocycles. The number of nitrogens with zero attached hydrogens (tertiary/aromatic N) is 2. The molecule has 0 radical (unpaired) electrons. The molecule has 2 aromatic rings. The Morgan fingerprint density at radius 3 is 2.84 bits per heavy atom. The van der Waals surface area contributed by atoms with Crippen LogP contribution in [0.25, 0.3) is 0 Å². The van der Waals surface area contributed by atoms with Crippen LogP contribution >= 0.6 is 0 Å². The van der Waals surface area contributed by atoms with Crippen LogP contribution < -0.4 is 10.1 Å². The van der Waals surface area contributed by atoms with Gasteiger partial charge in [-0.25, -0.2) is 0 Å². The molecule has 0 bridgehead atoms. The molecule has 0 saturated carbocycles. The normalized spacial score (nSPS) is 10.7. The highest BCUT2D eigenvalue weighted by Crippen LogP contribution is 2.11. The van der Waals surface area contributed by atoms with Crippen LogP contribution in [0.1, 0.15) is 16.8 Å². The van der Waals surface area contributed by atoms with E-state index in [1.54, 1.807) is 0 Å². The second-order valence-electron chi connectivity index (χ2n) is 4.76. The molecule has 19 heavy (non-hydrogen) atoms. The molecule has 2 rings (SSSR count). The maximum absolute atomic E-state index is 5.68. The van der Waals surface area contributed by atoms with E-state index in [9.17, 15) is 0 Å². The molecule has 0 aliphatic rings. The Morgan fingerprint density at radius 1 is 1.32 bits per heavy atom. The molecule has 0 amide bonds. The molecule has 4 heteroatoms. The molecule has 0 spiro atoms. The highest BCUT2D eigenvalue weighted by Gasteiger charge is 2.01. The summed E-state index contributed by atoms with van der Waals surface area (Å²) in [4.78, 5) is 0. The largest absolute Gasteiger partial charge is 0.492 e. The summed E-state index contributed by atoms with van der Waals surface area (Å²) in [6, 6.07) is 8.11. The SMILES string of the molecule is Cc1cccc(OCCNCc2cn(C)nc2C)c1. The summed E-state index contributed by atoms with van der Waals surface area (Å²) in [6.45, 7) is 6.42. The smallest absolute Gasteiger partial charge is 0.119 e. The third-order valence-corrected chi connectivity index (χ3v) is 2.97. The lowest BCUT2D eigenvalue weighted by Crippen LogP contribution is -2.20. The van der Waals surface area contributed by atoms with Crippen LogP contribution in [-0.2, 0) is 13.6 Å². The minimum Gasteiger partial charge on any atom is -0.492 e. The van der Waals surface area contributed by atoms with Crippen molar-refractivity contribution in [1.82, 2.24) is 15.1 Å². The number of hydrogen-bond donors (Lipinski definition) is 1. The first-order valence-corrected chi connectivity index (χ1v) is 6.54. The molecule has 0 aliphatic carbocycles. The van der Waals surface area contributed by atoms with Gasteiger partial charge in [0, 0.05) is 31.9 Å². The summed E-state index contributed by atoms with van der Waals surface area (Å²) in [5.74, 6) is 0.930. The molecule has 0 atom stereocenters. The average molecular weight is 259 g/mol. The lowest BCUT2D eigenvalue weighted by atomic mass is 10.2. The zero-order chi connectivity index (χ0) is 13.7. The molecule has 1 heterocycles. The average Bonchev–Trinajstić information content (AvgIpc) is 2.68. The zero-order valence-electron chi connectivity index (χ0n) is 11.8. The topological polar surface area (TPSA) is 39.1 Å². The van der Waals surface area contributed by atoms with Crippen LogP contribution in [0.4, 0.5) is 0 Å². The van der Waals surface area contributed by atoms with Gasteiger partial charge in [-0.3, -0.25) is 4.68 Å². The Hall–Kier alpha value is -1.81. The molecule has 0 fully saturated rings. The Balaban J connectivity index is 1.69. The van der Waals surface area contributed by atoms with Crippen molar-refractivity contribution in [2.24, 2.45) is 7.05 Å². The summed E-state index contributed by atoms with van der Waals surface area (Å²) in [7, 11) is 1.94. The molecule has 1 aromatic carbocycles. The number of nitrogens with one attached hydrogen (secondary N) is 1. The molecule has 0 aliphatic heterocycles. The highest BCUT2D eigenvalue weighted by atomic mass is 16.5. The van der Waals surface area contributed by atoms with Gasteiger partial charge >= 0.3 is 0 Å². The van der Waals surface area contributed by atoms with Gasteiger partial charge in [-0.05, 0) is 31.5 Å². The summed E-state index contributed by atoms with van der Waals surface area (Å²) in [6.07, 6.45) is 2.05. The fraction of sp³-hybridized carbons (Fsp3) is 0.400. The van der Waals surface area contributed by atoms with Crippen molar-refractivity contribution in [3.05, 3.63) is 47.3 Å². The zero-order valence-corrected chi connectivity index (χ0v) is 11.8. The molecule has 4 nitrogen and oxygen atoms in total. The monoisotopic (exact) mass is 259 g/mol. The van der Waals surface area contributed by atoms with Crippen LogP contribution in [0, 0.1) is 13.8 Å². The van der Waals surface area contributed by atoms with Crippen LogP contribution in [0.5, 0.6) is 5.75 Å². The fourth-order valence-electron chi connectivity index (χ4n) is 1.99. The van der Waals surface area contributed by atoms with E-state index in [0.717, 1.165) is 24.5 Å². The van der Waals surface area contributed by atoms with Crippen LogP contribution in [0.2, 0.25) is 0 Å². The van der Waals surface area contributed by atoms with Crippen molar-refractivity contribution < 1.29 is 4.74 Å². The minimum atomic E-state index is 0.669. The predicted molar refractivity (Wildman–Crippen MR) is 76.3 cm³/mol. The van der Waals surface area contributed by atoms with E-state index in [2.05, 4.69) is 23.4 Å². The first kappa shape index (κ1) is 13.6. The number of aromatic nitrogens is 2. The summed E-state index contributed by atoms with van der Waals surface area (Å²) in [5, 5.41) is 7.68. The molecular formula is C15H21N3O. The lowest BCUT2D eigenvalue weighted by molar-refractivity contribution is 0.313. The summed E-state index contributed by atoms with van der Waals surface area (Å²) in [5.41, 5.74) is 3.53. The van der Waals surface area contributed by atoms with Crippen molar-refractivity contribution in [1.29, 1.82) is 0 Å². The Bertz CT molecular complexity index is 534. The first-order chi connectivity index (χ1) is 9.15. The van der Waals surface area contributed by atoms with Gasteiger partial charge in [0.25, 0.3) is 0 Å². The van der Waals surface area contributed by atoms with Gasteiger partial charge in [0.15, 0.2) is 0 Å². The van der Waals surface area contributed by atoms with Crippen LogP contribution in [0.15, 0.2) is 30.5 Å². The van der Waals surface area contributed by atoms with Gasteiger partial charge in [-0.2, -0.15) is 5.10 Å². The van der Waals surface area contributed by atoms with Crippen molar-refractivity contribution in [2.75, 3.05) is 13.2 Å². The molecule has 1 N–H and O–H groups in total. The Morgan fingerprint density at radius 2 is 2.16 bits per heavy atom. The van der Waals surface area contributed by atoms with Gasteiger partial charge in [-0.15, -0.1) is 0 Å². The number of aryl methyl sites for hydroxylation is 3. The number of hydrogen-bond acceptors (Lipinski definition) is 3. The summed E-state index contributed by atoms with van der Waals surface area (Å²) >= 11 is 0. The van der Waals surface area contributed by atoms with Crippen LogP contribution in [0.3, 0.4) is 0 Å². The van der Waals surface area contributed by atoms with Gasteiger partial charge in [0.1, 0.15) is 12.4 Å². The number of ether oxygens (including phenoxy) is 1. The first-order valence-electron chi connectivity index (χ1n) is 6.54. The molecule has 102 valence electrons. The van der Waals surface area contributed by atoms with Gasteiger partial charge < -0.3 is 10.1 Å². The summed E-state index contributed by atoms with van der Waals surface area (Å²) < 4.78 is 7.52. The van der Waals surface area contributed by atoms with E-state index in [-0.39, 0.29) is 0 Å². The van der Waals surface area contributed by atoms with Crippen molar-refractivity contribution >= 4 is 0 Å². The third-order valence-electron chi connectivity index (χ3n) is 2.97. The molecular weight excluding hydrogens is 238 g/mol. The maximum Gasteiger partial charge on any atom is 0.119 e. The molecule has 0 unspecified atom stereocenters. The van der Waals surface area contributed by atoms with E-state index >= 15 is 0 Å². The Kier molecular flexibility index (Phi) is 4.58. The second kappa shape index (κ2) is 6.38. The van der Waals surface area contributed by atoms with Gasteiger partial charge in [0.2, 0.25) is 0 Å². The predicted octanol–water partition coefficient (Wildman–Crippen LogP) is 2.21. The standard InChI is InChI=1S/C15H21N3O/c1-12-5-4-6-15(9-12)19-8-7-16-10-14-11-18(3)17-13(14)2/h4-6,9,11,16H,7-8,10H2,1-3H3. The van der Waals surface area contributed by atoms with Crippen LogP contribution in [-0.4, -0.2) is 22.9 Å². The van der Waals surface area contributed by atoms with Gasteiger partial charge in [-0.1, -0.05) is 12.1 Å². The van der Waals surface area contributed by atoms with E-state index < -0.39 is 0 Å². The fourth-order valence-corrected chi connectivity index (χ4v) is 1.99. The van der Waals surface area contributed by atoms with E-state index in [4.69, 9.17) is 4.74 Å². The van der Waals surface area contributed by atoms with Crippen molar-refractivity contribution in [3.8, 4) is 5.75 Å². The maximum atomic E-state index is 5.68. The highest BCUT2D eigenvalue weighted by molar-refractivity contribution is 5.27. The number of rotatable bonds is 6. The van der Waals surface area contributed by atoms with E-state index in [0.29, 0.717) is 6.61 Å². The lowest BCUT2D eigenvalue weighted by Gasteiger charge is -2.07. The van der Waals surface area contributed by atoms with Crippen molar-refractivity contribution in [2.45, 2.75) is 20.4 Å². The van der Waals surface area contributed by atoms with E-state index in [1.807, 2.05) is 43.0 Å². The Labute approximate surface area is 114 Å². The molecule has 1 aromatic heterocycles. The van der Waals surface area contributed by atoms with E-state index in [1.165, 1.54) is 11.1 Å². The quantitative estimate of drug-likeness (QED) is 0.808.